The fraction of sp³-hybridized carbons (Fsp3) is 0.562. The molecule has 1 heterocycles. The maximum Gasteiger partial charge on any atom is 0.260 e. The number of carbonyl (C=O) groups is 1. The van der Waals surface area contributed by atoms with Gasteiger partial charge in [-0.2, -0.15) is 0 Å². The molecular formula is C16H23ClN2O2. The molecule has 1 aromatic carbocycles. The highest BCUT2D eigenvalue weighted by atomic mass is 35.5. The van der Waals surface area contributed by atoms with Crippen molar-refractivity contribution in [1.29, 1.82) is 0 Å². The van der Waals surface area contributed by atoms with E-state index in [9.17, 15) is 4.79 Å². The summed E-state index contributed by atoms with van der Waals surface area (Å²) in [6, 6.07) is 5.69. The Bertz CT molecular complexity index is 487. The molecule has 1 aliphatic heterocycles. The molecule has 1 unspecified atom stereocenters. The van der Waals surface area contributed by atoms with E-state index in [1.54, 1.807) is 6.07 Å². The van der Waals surface area contributed by atoms with Crippen molar-refractivity contribution < 1.29 is 9.53 Å². The Balaban J connectivity index is 2.02. The van der Waals surface area contributed by atoms with E-state index in [0.29, 0.717) is 17.2 Å². The highest BCUT2D eigenvalue weighted by Gasteiger charge is 2.19. The van der Waals surface area contributed by atoms with Crippen LogP contribution in [0.1, 0.15) is 31.7 Å². The molecule has 1 amide bonds. The summed E-state index contributed by atoms with van der Waals surface area (Å²) in [5.41, 5.74) is 6.97. The average Bonchev–Trinajstić information content (AvgIpc) is 3.00. The van der Waals surface area contributed by atoms with Crippen molar-refractivity contribution in [3.05, 3.63) is 28.8 Å². The average molecular weight is 311 g/mol. The van der Waals surface area contributed by atoms with Crippen LogP contribution in [0, 0.1) is 0 Å². The fourth-order valence-corrected chi connectivity index (χ4v) is 2.74. The maximum atomic E-state index is 12.1. The number of nitrogens with two attached hydrogens (primary N) is 1. The van der Waals surface area contributed by atoms with E-state index < -0.39 is 0 Å². The molecule has 1 aliphatic rings. The van der Waals surface area contributed by atoms with Crippen LogP contribution in [0.4, 0.5) is 0 Å². The molecule has 5 heteroatoms. The Kier molecular flexibility index (Phi) is 5.88. The topological polar surface area (TPSA) is 55.6 Å². The number of ether oxygens (including phenoxy) is 1. The number of amides is 1. The van der Waals surface area contributed by atoms with Gasteiger partial charge in [-0.25, -0.2) is 0 Å². The summed E-state index contributed by atoms with van der Waals surface area (Å²) >= 11 is 6.21. The van der Waals surface area contributed by atoms with Crippen molar-refractivity contribution in [2.75, 3.05) is 19.7 Å². The van der Waals surface area contributed by atoms with Gasteiger partial charge in [-0.15, -0.1) is 0 Å². The Morgan fingerprint density at radius 2 is 2.14 bits per heavy atom. The summed E-state index contributed by atoms with van der Waals surface area (Å²) in [5.74, 6) is 0.619. The largest absolute Gasteiger partial charge is 0.482 e. The first-order valence-electron chi connectivity index (χ1n) is 7.55. The van der Waals surface area contributed by atoms with Crippen molar-refractivity contribution in [2.45, 2.75) is 38.6 Å². The van der Waals surface area contributed by atoms with E-state index in [0.717, 1.165) is 37.9 Å². The molecule has 116 valence electrons. The van der Waals surface area contributed by atoms with Crippen molar-refractivity contribution >= 4 is 17.5 Å². The predicted octanol–water partition coefficient (Wildman–Crippen LogP) is 2.62. The normalized spacial score (nSPS) is 16.0. The van der Waals surface area contributed by atoms with E-state index in [-0.39, 0.29) is 18.6 Å². The van der Waals surface area contributed by atoms with Crippen LogP contribution in [0.25, 0.3) is 0 Å². The predicted molar refractivity (Wildman–Crippen MR) is 84.7 cm³/mol. The van der Waals surface area contributed by atoms with E-state index in [1.807, 2.05) is 24.0 Å². The lowest BCUT2D eigenvalue weighted by Crippen LogP contribution is -2.32. The zero-order valence-electron chi connectivity index (χ0n) is 12.5. The summed E-state index contributed by atoms with van der Waals surface area (Å²) < 4.78 is 5.71. The highest BCUT2D eigenvalue weighted by molar-refractivity contribution is 6.32. The monoisotopic (exact) mass is 310 g/mol. The third-order valence-electron chi connectivity index (χ3n) is 3.85. The van der Waals surface area contributed by atoms with Crippen molar-refractivity contribution in [2.24, 2.45) is 5.73 Å². The lowest BCUT2D eigenvalue weighted by molar-refractivity contribution is -0.132. The molecule has 21 heavy (non-hydrogen) atoms. The second-order valence-electron chi connectivity index (χ2n) is 5.48. The van der Waals surface area contributed by atoms with Gasteiger partial charge < -0.3 is 15.4 Å². The molecule has 2 rings (SSSR count). The van der Waals surface area contributed by atoms with E-state index in [1.165, 1.54) is 0 Å². The molecule has 2 N–H and O–H groups in total. The van der Waals surface area contributed by atoms with Crippen LogP contribution < -0.4 is 10.5 Å². The molecule has 0 aromatic heterocycles. The quantitative estimate of drug-likeness (QED) is 0.878. The lowest BCUT2D eigenvalue weighted by Gasteiger charge is -2.18. The number of halogens is 1. The molecule has 1 fully saturated rings. The van der Waals surface area contributed by atoms with E-state index in [4.69, 9.17) is 22.1 Å². The van der Waals surface area contributed by atoms with Gasteiger partial charge in [-0.3, -0.25) is 4.79 Å². The van der Waals surface area contributed by atoms with Gasteiger partial charge in [0, 0.05) is 19.1 Å². The minimum Gasteiger partial charge on any atom is -0.482 e. The smallest absolute Gasteiger partial charge is 0.260 e. The SMILES string of the molecule is CCC(N)Cc1cccc(Cl)c1OCC(=O)N1CCCC1. The van der Waals surface area contributed by atoms with Crippen molar-refractivity contribution in [3.63, 3.8) is 0 Å². The van der Waals surface area contributed by atoms with Crippen LogP contribution in [0.3, 0.4) is 0 Å². The molecule has 1 atom stereocenters. The molecule has 0 bridgehead atoms. The summed E-state index contributed by atoms with van der Waals surface area (Å²) in [4.78, 5) is 13.9. The van der Waals surface area contributed by atoms with Crippen LogP contribution in [-0.2, 0) is 11.2 Å². The Labute approximate surface area is 131 Å². The molecule has 0 spiro atoms. The number of likely N-dealkylation sites (tertiary alicyclic amines) is 1. The van der Waals surface area contributed by atoms with Crippen molar-refractivity contribution in [3.8, 4) is 5.75 Å². The zero-order chi connectivity index (χ0) is 15.2. The number of rotatable bonds is 6. The fourth-order valence-electron chi connectivity index (χ4n) is 2.49. The molecule has 1 aromatic rings. The number of hydrogen-bond acceptors (Lipinski definition) is 3. The first-order valence-corrected chi connectivity index (χ1v) is 7.93. The van der Waals surface area contributed by atoms with Crippen LogP contribution in [0.2, 0.25) is 5.02 Å². The minimum absolute atomic E-state index is 0.0261. The summed E-state index contributed by atoms with van der Waals surface area (Å²) in [6.45, 7) is 3.75. The molecular weight excluding hydrogens is 288 g/mol. The Morgan fingerprint density at radius 1 is 1.43 bits per heavy atom. The van der Waals surface area contributed by atoms with Gasteiger partial charge >= 0.3 is 0 Å². The molecule has 0 aliphatic carbocycles. The molecule has 4 nitrogen and oxygen atoms in total. The zero-order valence-corrected chi connectivity index (χ0v) is 13.2. The summed E-state index contributed by atoms with van der Waals surface area (Å²) in [6.07, 6.45) is 3.74. The first kappa shape index (κ1) is 16.1. The standard InChI is InChI=1S/C16H23ClN2O2/c1-2-13(18)10-12-6-5-7-14(17)16(12)21-11-15(20)19-8-3-4-9-19/h5-7,13H,2-4,8-11,18H2,1H3. The molecule has 0 saturated carbocycles. The van der Waals surface area contributed by atoms with Crippen LogP contribution in [-0.4, -0.2) is 36.5 Å². The second-order valence-corrected chi connectivity index (χ2v) is 5.88. The molecule has 1 saturated heterocycles. The minimum atomic E-state index is 0.0261. The van der Waals surface area contributed by atoms with Gasteiger partial charge in [-0.1, -0.05) is 30.7 Å². The number of nitrogens with zero attached hydrogens (tertiary/aromatic N) is 1. The van der Waals surface area contributed by atoms with Gasteiger partial charge in [0.15, 0.2) is 6.61 Å². The third kappa shape index (κ3) is 4.35. The number of hydrogen-bond donors (Lipinski definition) is 1. The first-order chi connectivity index (χ1) is 10.1. The maximum absolute atomic E-state index is 12.1. The molecule has 0 radical (unpaired) electrons. The summed E-state index contributed by atoms with van der Waals surface area (Å²) in [7, 11) is 0. The van der Waals surface area contributed by atoms with Gasteiger partial charge in [-0.05, 0) is 37.3 Å². The van der Waals surface area contributed by atoms with Crippen LogP contribution >= 0.6 is 11.6 Å². The van der Waals surface area contributed by atoms with Crippen LogP contribution in [0.5, 0.6) is 5.75 Å². The second kappa shape index (κ2) is 7.66. The van der Waals surface area contributed by atoms with Crippen LogP contribution in [0.15, 0.2) is 18.2 Å². The Hall–Kier alpha value is -1.26. The number of para-hydroxylation sites is 1. The summed E-state index contributed by atoms with van der Waals surface area (Å²) in [5, 5.41) is 0.532. The lowest BCUT2D eigenvalue weighted by atomic mass is 10.0. The third-order valence-corrected chi connectivity index (χ3v) is 4.15. The van der Waals surface area contributed by atoms with E-state index >= 15 is 0 Å². The van der Waals surface area contributed by atoms with E-state index in [2.05, 4.69) is 0 Å². The van der Waals surface area contributed by atoms with Gasteiger partial charge in [0.05, 0.1) is 5.02 Å². The number of carbonyl (C=O) groups excluding carboxylic acids is 1. The highest BCUT2D eigenvalue weighted by Crippen LogP contribution is 2.29. The number of benzene rings is 1. The van der Waals surface area contributed by atoms with Gasteiger partial charge in [0.2, 0.25) is 0 Å². The van der Waals surface area contributed by atoms with Gasteiger partial charge in [0.1, 0.15) is 5.75 Å². The van der Waals surface area contributed by atoms with Crippen molar-refractivity contribution in [1.82, 2.24) is 4.90 Å². The Morgan fingerprint density at radius 3 is 2.81 bits per heavy atom. The van der Waals surface area contributed by atoms with Gasteiger partial charge in [0.25, 0.3) is 5.91 Å².